The van der Waals surface area contributed by atoms with Gasteiger partial charge in [0.1, 0.15) is 0 Å². The van der Waals surface area contributed by atoms with E-state index in [1.807, 2.05) is 6.92 Å². The molecule has 2 rings (SSSR count). The van der Waals surface area contributed by atoms with Crippen LogP contribution in [0.3, 0.4) is 0 Å². The number of aromatic nitrogens is 1. The Morgan fingerprint density at radius 3 is 2.44 bits per heavy atom. The minimum absolute atomic E-state index is 0.167. The van der Waals surface area contributed by atoms with Crippen molar-refractivity contribution in [1.82, 2.24) is 4.98 Å². The minimum atomic E-state index is 0.167. The van der Waals surface area contributed by atoms with Crippen LogP contribution in [0.15, 0.2) is 24.3 Å². The molecule has 0 aliphatic carbocycles. The van der Waals surface area contributed by atoms with Crippen LogP contribution in [0.5, 0.6) is 0 Å². The molecule has 0 unspecified atom stereocenters. The van der Waals surface area contributed by atoms with Crippen molar-refractivity contribution < 1.29 is 0 Å². The van der Waals surface area contributed by atoms with E-state index in [1.54, 1.807) is 11.3 Å². The number of hydrogen-bond acceptors (Lipinski definition) is 3. The zero-order valence-electron chi connectivity index (χ0n) is 11.4. The molecule has 1 aromatic carbocycles. The maximum Gasteiger partial charge on any atom is 0.180 e. The molecule has 2 aromatic rings. The summed E-state index contributed by atoms with van der Waals surface area (Å²) in [5, 5.41) is 0.663. The zero-order chi connectivity index (χ0) is 13.3. The number of anilines is 1. The molecular weight excluding hydrogens is 240 g/mol. The molecule has 1 heterocycles. The van der Waals surface area contributed by atoms with Crippen LogP contribution in [0.4, 0.5) is 5.13 Å². The average molecular weight is 260 g/mol. The van der Waals surface area contributed by atoms with Crippen molar-refractivity contribution in [2.45, 2.75) is 39.5 Å². The molecule has 0 saturated carbocycles. The van der Waals surface area contributed by atoms with E-state index < -0.39 is 0 Å². The van der Waals surface area contributed by atoms with Crippen LogP contribution >= 0.6 is 11.3 Å². The van der Waals surface area contributed by atoms with Gasteiger partial charge in [-0.2, -0.15) is 0 Å². The Morgan fingerprint density at radius 1 is 1.22 bits per heavy atom. The highest BCUT2D eigenvalue weighted by Crippen LogP contribution is 2.30. The van der Waals surface area contributed by atoms with Gasteiger partial charge >= 0.3 is 0 Å². The van der Waals surface area contributed by atoms with E-state index in [4.69, 9.17) is 5.73 Å². The predicted molar refractivity (Wildman–Crippen MR) is 79.2 cm³/mol. The second-order valence-electron chi connectivity index (χ2n) is 5.64. The van der Waals surface area contributed by atoms with Gasteiger partial charge in [0.2, 0.25) is 0 Å². The maximum absolute atomic E-state index is 5.76. The molecular formula is C15H20N2S. The summed E-state index contributed by atoms with van der Waals surface area (Å²) < 4.78 is 0. The Hall–Kier alpha value is -1.35. The third kappa shape index (κ3) is 2.72. The van der Waals surface area contributed by atoms with E-state index >= 15 is 0 Å². The molecule has 0 radical (unpaired) electrons. The third-order valence-electron chi connectivity index (χ3n) is 3.09. The molecule has 2 N–H and O–H groups in total. The van der Waals surface area contributed by atoms with Crippen molar-refractivity contribution in [3.05, 3.63) is 46.0 Å². The number of aryl methyl sites for hydroxylation is 1. The molecule has 0 spiro atoms. The fourth-order valence-corrected chi connectivity index (χ4v) is 3.05. The number of thiazole rings is 1. The molecule has 2 nitrogen and oxygen atoms in total. The highest BCUT2D eigenvalue weighted by atomic mass is 32.1. The van der Waals surface area contributed by atoms with Crippen molar-refractivity contribution in [1.29, 1.82) is 0 Å². The number of benzene rings is 1. The van der Waals surface area contributed by atoms with E-state index in [9.17, 15) is 0 Å². The number of nitrogen functional groups attached to an aromatic ring is 1. The summed E-state index contributed by atoms with van der Waals surface area (Å²) in [5.41, 5.74) is 9.76. The van der Waals surface area contributed by atoms with Gasteiger partial charge < -0.3 is 5.73 Å². The lowest BCUT2D eigenvalue weighted by Gasteiger charge is -2.22. The highest BCUT2D eigenvalue weighted by molar-refractivity contribution is 7.15. The molecule has 96 valence electrons. The zero-order valence-corrected chi connectivity index (χ0v) is 12.3. The van der Waals surface area contributed by atoms with Gasteiger partial charge in [-0.3, -0.25) is 0 Å². The number of rotatable bonds is 2. The topological polar surface area (TPSA) is 38.9 Å². The van der Waals surface area contributed by atoms with Crippen LogP contribution in [-0.2, 0) is 11.8 Å². The maximum atomic E-state index is 5.76. The van der Waals surface area contributed by atoms with Crippen LogP contribution in [0.1, 0.15) is 42.5 Å². The lowest BCUT2D eigenvalue weighted by molar-refractivity contribution is 0.584. The molecule has 0 aliphatic rings. The summed E-state index contributed by atoms with van der Waals surface area (Å²) in [6.07, 6.45) is 0.925. The smallest absolute Gasteiger partial charge is 0.180 e. The Balaban J connectivity index is 2.38. The molecule has 0 aliphatic heterocycles. The van der Waals surface area contributed by atoms with E-state index in [-0.39, 0.29) is 5.41 Å². The quantitative estimate of drug-likeness (QED) is 0.888. The standard InChI is InChI=1S/C15H20N2S/c1-10-13(18-14(16)17-10)9-11-7-5-6-8-12(11)15(2,3)4/h5-8H,9H2,1-4H3,(H2,16,17). The molecule has 0 amide bonds. The summed E-state index contributed by atoms with van der Waals surface area (Å²) in [6, 6.07) is 8.63. The van der Waals surface area contributed by atoms with Gasteiger partial charge in [0.05, 0.1) is 5.69 Å². The van der Waals surface area contributed by atoms with E-state index in [1.165, 1.54) is 16.0 Å². The Bertz CT molecular complexity index is 550. The fraction of sp³-hybridized carbons (Fsp3) is 0.400. The lowest BCUT2D eigenvalue weighted by Crippen LogP contribution is -2.14. The first-order valence-electron chi connectivity index (χ1n) is 6.18. The van der Waals surface area contributed by atoms with Crippen LogP contribution in [0.2, 0.25) is 0 Å². The molecule has 1 aromatic heterocycles. The van der Waals surface area contributed by atoms with Gasteiger partial charge in [0.15, 0.2) is 5.13 Å². The van der Waals surface area contributed by atoms with Gasteiger partial charge in [0, 0.05) is 11.3 Å². The highest BCUT2D eigenvalue weighted by Gasteiger charge is 2.18. The molecule has 0 saturated heterocycles. The molecule has 3 heteroatoms. The van der Waals surface area contributed by atoms with Gasteiger partial charge in [0.25, 0.3) is 0 Å². The molecule has 0 fully saturated rings. The normalized spacial score (nSPS) is 11.8. The minimum Gasteiger partial charge on any atom is -0.375 e. The van der Waals surface area contributed by atoms with Crippen molar-refractivity contribution in [2.75, 3.05) is 5.73 Å². The predicted octanol–water partition coefficient (Wildman–Crippen LogP) is 3.92. The summed E-state index contributed by atoms with van der Waals surface area (Å²) in [4.78, 5) is 5.56. The SMILES string of the molecule is Cc1nc(N)sc1Cc1ccccc1C(C)(C)C. The van der Waals surface area contributed by atoms with E-state index in [0.29, 0.717) is 5.13 Å². The van der Waals surface area contributed by atoms with Crippen LogP contribution < -0.4 is 5.73 Å². The summed E-state index contributed by atoms with van der Waals surface area (Å²) in [5.74, 6) is 0. The third-order valence-corrected chi connectivity index (χ3v) is 4.07. The van der Waals surface area contributed by atoms with Crippen molar-refractivity contribution in [2.24, 2.45) is 0 Å². The average Bonchev–Trinajstić information content (AvgIpc) is 2.57. The number of nitrogens with zero attached hydrogens (tertiary/aromatic N) is 1. The monoisotopic (exact) mass is 260 g/mol. The first-order chi connectivity index (χ1) is 8.38. The second kappa shape index (κ2) is 4.73. The van der Waals surface area contributed by atoms with Crippen LogP contribution in [-0.4, -0.2) is 4.98 Å². The van der Waals surface area contributed by atoms with E-state index in [0.717, 1.165) is 12.1 Å². The first-order valence-corrected chi connectivity index (χ1v) is 7.00. The Morgan fingerprint density at radius 2 is 1.89 bits per heavy atom. The molecule has 0 atom stereocenters. The number of nitrogens with two attached hydrogens (primary N) is 1. The van der Waals surface area contributed by atoms with Crippen molar-refractivity contribution in [3.63, 3.8) is 0 Å². The second-order valence-corrected chi connectivity index (χ2v) is 6.76. The molecule has 18 heavy (non-hydrogen) atoms. The fourth-order valence-electron chi connectivity index (χ4n) is 2.19. The van der Waals surface area contributed by atoms with Gasteiger partial charge in [-0.15, -0.1) is 11.3 Å². The molecule has 0 bridgehead atoms. The van der Waals surface area contributed by atoms with Gasteiger partial charge in [-0.1, -0.05) is 45.0 Å². The van der Waals surface area contributed by atoms with Gasteiger partial charge in [-0.05, 0) is 23.5 Å². The lowest BCUT2D eigenvalue weighted by atomic mass is 9.83. The summed E-state index contributed by atoms with van der Waals surface area (Å²) >= 11 is 1.60. The van der Waals surface area contributed by atoms with Crippen molar-refractivity contribution in [3.8, 4) is 0 Å². The van der Waals surface area contributed by atoms with Gasteiger partial charge in [-0.25, -0.2) is 4.98 Å². The number of hydrogen-bond donors (Lipinski definition) is 1. The first kappa shape index (κ1) is 13.1. The summed E-state index contributed by atoms with van der Waals surface area (Å²) in [7, 11) is 0. The van der Waals surface area contributed by atoms with Crippen molar-refractivity contribution >= 4 is 16.5 Å². The van der Waals surface area contributed by atoms with Crippen LogP contribution in [0, 0.1) is 6.92 Å². The Kier molecular flexibility index (Phi) is 3.44. The summed E-state index contributed by atoms with van der Waals surface area (Å²) in [6.45, 7) is 8.78. The Labute approximate surface area is 113 Å². The van der Waals surface area contributed by atoms with E-state index in [2.05, 4.69) is 50.0 Å². The largest absolute Gasteiger partial charge is 0.375 e. The van der Waals surface area contributed by atoms with Crippen LogP contribution in [0.25, 0.3) is 0 Å².